The Kier molecular flexibility index (Phi) is 2.06. The van der Waals surface area contributed by atoms with Crippen molar-refractivity contribution in [1.82, 2.24) is 0 Å². The maximum atomic E-state index is 9.48. The Morgan fingerprint density at radius 1 is 0.923 bits per heavy atom. The lowest BCUT2D eigenvalue weighted by atomic mass is 10.1. The van der Waals surface area contributed by atoms with Crippen LogP contribution < -0.4 is 0 Å². The fourth-order valence-corrected chi connectivity index (χ4v) is 1.66. The molecule has 0 saturated carbocycles. The molecule has 0 aromatic heterocycles. The first-order valence-electron chi connectivity index (χ1n) is 3.75. The molecule has 0 aliphatic carbocycles. The molecule has 1 N–H and O–H groups in total. The summed E-state index contributed by atoms with van der Waals surface area (Å²) in [6.45, 7) is 0. The van der Waals surface area contributed by atoms with Gasteiger partial charge in [-0.2, -0.15) is 0 Å². The molecular weight excluding hydrogens is 207 g/mol. The standard InChI is InChI=1S/C10H6Cl2O/c11-6-1-2-7-8(5-6)9(12)3-4-10(7)13/h1-5,13H. The van der Waals surface area contributed by atoms with E-state index in [1.807, 2.05) is 0 Å². The van der Waals surface area contributed by atoms with E-state index in [-0.39, 0.29) is 5.75 Å². The van der Waals surface area contributed by atoms with Crippen molar-refractivity contribution in [2.75, 3.05) is 0 Å². The van der Waals surface area contributed by atoms with Gasteiger partial charge in [-0.3, -0.25) is 0 Å². The zero-order valence-corrected chi connectivity index (χ0v) is 8.10. The number of phenolic OH excluding ortho intramolecular Hbond substituents is 1. The van der Waals surface area contributed by atoms with Gasteiger partial charge in [0.1, 0.15) is 5.75 Å². The highest BCUT2D eigenvalue weighted by Gasteiger charge is 2.03. The van der Waals surface area contributed by atoms with Gasteiger partial charge in [0, 0.05) is 20.8 Å². The van der Waals surface area contributed by atoms with Crippen molar-refractivity contribution in [3.05, 3.63) is 40.4 Å². The van der Waals surface area contributed by atoms with Crippen molar-refractivity contribution < 1.29 is 5.11 Å². The van der Waals surface area contributed by atoms with Crippen LogP contribution in [-0.2, 0) is 0 Å². The molecule has 0 aliphatic heterocycles. The van der Waals surface area contributed by atoms with Gasteiger partial charge in [-0.05, 0) is 30.3 Å². The number of hydrogen-bond acceptors (Lipinski definition) is 1. The second kappa shape index (κ2) is 3.09. The summed E-state index contributed by atoms with van der Waals surface area (Å²) in [5.41, 5.74) is 0. The van der Waals surface area contributed by atoms with E-state index in [9.17, 15) is 5.11 Å². The molecule has 0 radical (unpaired) electrons. The smallest absolute Gasteiger partial charge is 0.123 e. The number of hydrogen-bond donors (Lipinski definition) is 1. The predicted octanol–water partition coefficient (Wildman–Crippen LogP) is 3.85. The Labute approximate surface area is 85.5 Å². The molecule has 66 valence electrons. The summed E-state index contributed by atoms with van der Waals surface area (Å²) in [7, 11) is 0. The van der Waals surface area contributed by atoms with Crippen LogP contribution in [0.4, 0.5) is 0 Å². The number of aromatic hydroxyl groups is 1. The van der Waals surface area contributed by atoms with Gasteiger partial charge < -0.3 is 5.11 Å². The number of phenols is 1. The molecule has 0 atom stereocenters. The lowest BCUT2D eigenvalue weighted by molar-refractivity contribution is 0.481. The Morgan fingerprint density at radius 2 is 1.69 bits per heavy atom. The molecule has 3 heteroatoms. The van der Waals surface area contributed by atoms with E-state index >= 15 is 0 Å². The van der Waals surface area contributed by atoms with E-state index in [4.69, 9.17) is 23.2 Å². The minimum absolute atomic E-state index is 0.219. The minimum Gasteiger partial charge on any atom is -0.507 e. The van der Waals surface area contributed by atoms with Crippen molar-refractivity contribution in [3.8, 4) is 5.75 Å². The summed E-state index contributed by atoms with van der Waals surface area (Å²) in [6, 6.07) is 8.42. The molecule has 13 heavy (non-hydrogen) atoms. The van der Waals surface area contributed by atoms with Crippen LogP contribution >= 0.6 is 23.2 Å². The van der Waals surface area contributed by atoms with Crippen LogP contribution in [0.5, 0.6) is 5.75 Å². The van der Waals surface area contributed by atoms with E-state index in [0.29, 0.717) is 10.0 Å². The van der Waals surface area contributed by atoms with Crippen molar-refractivity contribution in [3.63, 3.8) is 0 Å². The monoisotopic (exact) mass is 212 g/mol. The summed E-state index contributed by atoms with van der Waals surface area (Å²) < 4.78 is 0. The van der Waals surface area contributed by atoms with Crippen LogP contribution in [0.15, 0.2) is 30.3 Å². The molecular formula is C10H6Cl2O. The van der Waals surface area contributed by atoms with Crippen LogP contribution in [0.1, 0.15) is 0 Å². The third kappa shape index (κ3) is 1.45. The highest BCUT2D eigenvalue weighted by atomic mass is 35.5. The maximum absolute atomic E-state index is 9.48. The predicted molar refractivity (Wildman–Crippen MR) is 55.6 cm³/mol. The Balaban J connectivity index is 2.92. The average molecular weight is 213 g/mol. The van der Waals surface area contributed by atoms with Gasteiger partial charge in [-0.15, -0.1) is 0 Å². The third-order valence-corrected chi connectivity index (χ3v) is 2.47. The molecule has 2 rings (SSSR count). The molecule has 1 nitrogen and oxygen atoms in total. The third-order valence-electron chi connectivity index (χ3n) is 1.90. The van der Waals surface area contributed by atoms with Crippen molar-refractivity contribution >= 4 is 34.0 Å². The number of benzene rings is 2. The summed E-state index contributed by atoms with van der Waals surface area (Å²) in [6.07, 6.45) is 0. The zero-order chi connectivity index (χ0) is 9.42. The summed E-state index contributed by atoms with van der Waals surface area (Å²) in [4.78, 5) is 0. The van der Waals surface area contributed by atoms with E-state index in [1.165, 1.54) is 0 Å². The lowest BCUT2D eigenvalue weighted by Crippen LogP contribution is -1.75. The molecule has 0 unspecified atom stereocenters. The van der Waals surface area contributed by atoms with Crippen LogP contribution in [0.25, 0.3) is 10.8 Å². The Hall–Kier alpha value is -0.920. The molecule has 2 aromatic carbocycles. The molecule has 2 aromatic rings. The van der Waals surface area contributed by atoms with Crippen molar-refractivity contribution in [2.45, 2.75) is 0 Å². The van der Waals surface area contributed by atoms with Crippen molar-refractivity contribution in [1.29, 1.82) is 0 Å². The highest BCUT2D eigenvalue weighted by Crippen LogP contribution is 2.32. The molecule has 0 heterocycles. The zero-order valence-electron chi connectivity index (χ0n) is 6.59. The Morgan fingerprint density at radius 3 is 2.46 bits per heavy atom. The van der Waals surface area contributed by atoms with E-state index in [2.05, 4.69) is 0 Å². The fourth-order valence-electron chi connectivity index (χ4n) is 1.27. The molecule has 0 bridgehead atoms. The first-order valence-corrected chi connectivity index (χ1v) is 4.51. The van der Waals surface area contributed by atoms with Gasteiger partial charge in [0.15, 0.2) is 0 Å². The normalized spacial score (nSPS) is 10.6. The molecule has 0 aliphatic rings. The largest absolute Gasteiger partial charge is 0.507 e. The van der Waals surface area contributed by atoms with Crippen LogP contribution in [0.3, 0.4) is 0 Å². The maximum Gasteiger partial charge on any atom is 0.123 e. The average Bonchev–Trinajstić information content (AvgIpc) is 2.12. The number of halogens is 2. The van der Waals surface area contributed by atoms with Crippen LogP contribution in [0, 0.1) is 0 Å². The Bertz CT molecular complexity index is 466. The minimum atomic E-state index is 0.219. The van der Waals surface area contributed by atoms with Gasteiger partial charge in [0.25, 0.3) is 0 Å². The van der Waals surface area contributed by atoms with Crippen LogP contribution in [-0.4, -0.2) is 5.11 Å². The lowest BCUT2D eigenvalue weighted by Gasteiger charge is -2.02. The van der Waals surface area contributed by atoms with Gasteiger partial charge in [-0.25, -0.2) is 0 Å². The quantitative estimate of drug-likeness (QED) is 0.704. The summed E-state index contributed by atoms with van der Waals surface area (Å²) >= 11 is 11.7. The van der Waals surface area contributed by atoms with Gasteiger partial charge in [-0.1, -0.05) is 23.2 Å². The number of rotatable bonds is 0. The van der Waals surface area contributed by atoms with E-state index < -0.39 is 0 Å². The van der Waals surface area contributed by atoms with Gasteiger partial charge >= 0.3 is 0 Å². The molecule has 0 amide bonds. The van der Waals surface area contributed by atoms with Gasteiger partial charge in [0.05, 0.1) is 0 Å². The summed E-state index contributed by atoms with van der Waals surface area (Å²) in [5.74, 6) is 0.219. The molecule has 0 fully saturated rings. The second-order valence-electron chi connectivity index (χ2n) is 2.76. The van der Waals surface area contributed by atoms with Gasteiger partial charge in [0.2, 0.25) is 0 Å². The summed E-state index contributed by atoms with van der Waals surface area (Å²) in [5, 5.41) is 12.2. The molecule has 0 spiro atoms. The second-order valence-corrected chi connectivity index (χ2v) is 3.60. The van der Waals surface area contributed by atoms with E-state index in [0.717, 1.165) is 10.8 Å². The first-order chi connectivity index (χ1) is 6.18. The topological polar surface area (TPSA) is 20.2 Å². The van der Waals surface area contributed by atoms with Crippen LogP contribution in [0.2, 0.25) is 10.0 Å². The van der Waals surface area contributed by atoms with E-state index in [1.54, 1.807) is 30.3 Å². The van der Waals surface area contributed by atoms with Crippen molar-refractivity contribution in [2.24, 2.45) is 0 Å². The fraction of sp³-hybridized carbons (Fsp3) is 0. The molecule has 0 saturated heterocycles. The first kappa shape index (κ1) is 8.67. The number of fused-ring (bicyclic) bond motifs is 1. The highest BCUT2D eigenvalue weighted by molar-refractivity contribution is 6.37. The SMILES string of the molecule is Oc1ccc(Cl)c2cc(Cl)ccc12.